The number of benzene rings is 2. The quantitative estimate of drug-likeness (QED) is 0.682. The smallest absolute Gasteiger partial charge is 0.260 e. The van der Waals surface area contributed by atoms with Crippen LogP contribution in [0.15, 0.2) is 66.9 Å². The highest BCUT2D eigenvalue weighted by molar-refractivity contribution is 6.30. The molecule has 1 aromatic heterocycles. The van der Waals surface area contributed by atoms with Crippen molar-refractivity contribution in [2.24, 2.45) is 0 Å². The molecule has 0 fully saturated rings. The Morgan fingerprint density at radius 1 is 1.14 bits per heavy atom. The number of amides is 2. The predicted octanol–water partition coefficient (Wildman–Crippen LogP) is 4.45. The normalized spacial score (nSPS) is 15.3. The van der Waals surface area contributed by atoms with Crippen molar-refractivity contribution in [3.05, 3.63) is 94.3 Å². The zero-order valence-corrected chi connectivity index (χ0v) is 16.7. The third kappa shape index (κ3) is 4.00. The Balaban J connectivity index is 1.56. The van der Waals surface area contributed by atoms with Crippen LogP contribution in [0.2, 0.25) is 5.02 Å². The van der Waals surface area contributed by atoms with E-state index >= 15 is 0 Å². The summed E-state index contributed by atoms with van der Waals surface area (Å²) in [5.41, 5.74) is 3.96. The Morgan fingerprint density at radius 3 is 2.69 bits per heavy atom. The van der Waals surface area contributed by atoms with Gasteiger partial charge in [0.25, 0.3) is 5.91 Å². The van der Waals surface area contributed by atoms with Crippen LogP contribution in [0.25, 0.3) is 0 Å². The minimum atomic E-state index is -0.444. The van der Waals surface area contributed by atoms with Crippen LogP contribution in [0.5, 0.6) is 0 Å². The van der Waals surface area contributed by atoms with Crippen molar-refractivity contribution in [1.29, 1.82) is 0 Å². The van der Waals surface area contributed by atoms with Crippen molar-refractivity contribution in [3.8, 4) is 0 Å². The Bertz CT molecular complexity index is 1070. The lowest BCUT2D eigenvalue weighted by atomic mass is 10.1. The second-order valence-electron chi connectivity index (χ2n) is 7.07. The summed E-state index contributed by atoms with van der Waals surface area (Å²) >= 11 is 6.00. The number of rotatable bonds is 5. The maximum atomic E-state index is 13.0. The number of nitrogens with zero attached hydrogens (tertiary/aromatic N) is 2. The van der Waals surface area contributed by atoms with Gasteiger partial charge in [0.15, 0.2) is 0 Å². The van der Waals surface area contributed by atoms with Gasteiger partial charge in [0.1, 0.15) is 0 Å². The van der Waals surface area contributed by atoms with Crippen molar-refractivity contribution < 1.29 is 9.59 Å². The van der Waals surface area contributed by atoms with Crippen LogP contribution >= 0.6 is 11.6 Å². The van der Waals surface area contributed by atoms with Crippen LogP contribution in [-0.4, -0.2) is 16.8 Å². The zero-order valence-electron chi connectivity index (χ0n) is 15.9. The molecule has 0 aliphatic carbocycles. The van der Waals surface area contributed by atoms with Gasteiger partial charge in [-0.1, -0.05) is 41.4 Å². The molecule has 1 N–H and O–H groups in total. The number of halogens is 1. The molecule has 5 nitrogen and oxygen atoms in total. The van der Waals surface area contributed by atoms with Crippen molar-refractivity contribution >= 4 is 29.1 Å². The standard InChI is InChI=1S/C23H20ClN3O2/c1-15-7-9-18(10-8-15)27-20(22-19(23(27)29)6-3-11-25-22)13-21(28)26-14-16-4-2-5-17(24)12-16/h2-12,20H,13-14H2,1H3,(H,26,28). The monoisotopic (exact) mass is 405 g/mol. The lowest BCUT2D eigenvalue weighted by Crippen LogP contribution is -2.33. The molecule has 6 heteroatoms. The molecule has 0 bridgehead atoms. The Kier molecular flexibility index (Phi) is 5.32. The van der Waals surface area contributed by atoms with E-state index in [4.69, 9.17) is 11.6 Å². The fourth-order valence-electron chi connectivity index (χ4n) is 3.54. The lowest BCUT2D eigenvalue weighted by Gasteiger charge is -2.24. The van der Waals surface area contributed by atoms with Gasteiger partial charge in [-0.3, -0.25) is 19.5 Å². The highest BCUT2D eigenvalue weighted by Crippen LogP contribution is 2.38. The molecule has 1 aliphatic rings. The molecule has 4 rings (SSSR count). The first-order valence-electron chi connectivity index (χ1n) is 9.39. The fraction of sp³-hybridized carbons (Fsp3) is 0.174. The number of anilines is 1. The maximum Gasteiger partial charge on any atom is 0.260 e. The van der Waals surface area contributed by atoms with Gasteiger partial charge in [0, 0.05) is 23.5 Å². The molecule has 29 heavy (non-hydrogen) atoms. The minimum Gasteiger partial charge on any atom is -0.352 e. The van der Waals surface area contributed by atoms with E-state index in [9.17, 15) is 9.59 Å². The van der Waals surface area contributed by atoms with Crippen molar-refractivity contribution in [2.45, 2.75) is 25.9 Å². The van der Waals surface area contributed by atoms with Crippen LogP contribution in [0.1, 0.15) is 39.6 Å². The molecule has 1 atom stereocenters. The molecule has 146 valence electrons. The van der Waals surface area contributed by atoms with E-state index in [1.165, 1.54) is 0 Å². The van der Waals surface area contributed by atoms with Crippen LogP contribution < -0.4 is 10.2 Å². The molecule has 0 spiro atoms. The number of nitrogens with one attached hydrogen (secondary N) is 1. The van der Waals surface area contributed by atoms with Gasteiger partial charge in [0.05, 0.1) is 23.7 Å². The molecule has 0 saturated carbocycles. The molecule has 1 unspecified atom stereocenters. The van der Waals surface area contributed by atoms with Gasteiger partial charge >= 0.3 is 0 Å². The predicted molar refractivity (Wildman–Crippen MR) is 113 cm³/mol. The lowest BCUT2D eigenvalue weighted by molar-refractivity contribution is -0.121. The molecule has 1 aliphatic heterocycles. The van der Waals surface area contributed by atoms with Gasteiger partial charge in [-0.05, 0) is 48.9 Å². The Morgan fingerprint density at radius 2 is 1.93 bits per heavy atom. The van der Waals surface area contributed by atoms with Gasteiger partial charge < -0.3 is 5.32 Å². The average molecular weight is 406 g/mol. The van der Waals surface area contributed by atoms with Gasteiger partial charge in [-0.25, -0.2) is 0 Å². The van der Waals surface area contributed by atoms with Gasteiger partial charge in [-0.2, -0.15) is 0 Å². The number of carbonyl (C=O) groups excluding carboxylic acids is 2. The van der Waals surface area contributed by atoms with Crippen LogP contribution in [0.4, 0.5) is 5.69 Å². The van der Waals surface area contributed by atoms with E-state index in [-0.39, 0.29) is 18.2 Å². The first-order chi connectivity index (χ1) is 14.0. The first kappa shape index (κ1) is 19.2. The number of aryl methyl sites for hydroxylation is 1. The zero-order chi connectivity index (χ0) is 20.4. The Hall–Kier alpha value is -3.18. The number of pyridine rings is 1. The van der Waals surface area contributed by atoms with E-state index in [0.717, 1.165) is 16.8 Å². The summed E-state index contributed by atoms with van der Waals surface area (Å²) < 4.78 is 0. The van der Waals surface area contributed by atoms with E-state index in [0.29, 0.717) is 22.8 Å². The minimum absolute atomic E-state index is 0.129. The SMILES string of the molecule is Cc1ccc(N2C(=O)c3cccnc3C2CC(=O)NCc2cccc(Cl)c2)cc1. The van der Waals surface area contributed by atoms with E-state index in [1.807, 2.05) is 49.4 Å². The maximum absolute atomic E-state index is 13.0. The largest absolute Gasteiger partial charge is 0.352 e. The summed E-state index contributed by atoms with van der Waals surface area (Å²) in [4.78, 5) is 31.8. The van der Waals surface area contributed by atoms with Crippen LogP contribution in [0.3, 0.4) is 0 Å². The van der Waals surface area contributed by atoms with E-state index in [1.54, 1.807) is 29.3 Å². The molecule has 2 aromatic carbocycles. The third-order valence-corrected chi connectivity index (χ3v) is 5.22. The number of fused-ring (bicyclic) bond motifs is 1. The molecule has 2 heterocycles. The van der Waals surface area contributed by atoms with E-state index in [2.05, 4.69) is 10.3 Å². The number of carbonyl (C=O) groups is 2. The number of hydrogen-bond donors (Lipinski definition) is 1. The highest BCUT2D eigenvalue weighted by atomic mass is 35.5. The van der Waals surface area contributed by atoms with Crippen LogP contribution in [-0.2, 0) is 11.3 Å². The molecule has 2 amide bonds. The number of hydrogen-bond acceptors (Lipinski definition) is 3. The molecular weight excluding hydrogens is 386 g/mol. The second-order valence-corrected chi connectivity index (χ2v) is 7.51. The summed E-state index contributed by atoms with van der Waals surface area (Å²) in [6.07, 6.45) is 1.78. The van der Waals surface area contributed by atoms with Gasteiger partial charge in [0.2, 0.25) is 5.91 Å². The molecule has 0 radical (unpaired) electrons. The summed E-state index contributed by atoms with van der Waals surface area (Å²) in [6, 6.07) is 18.1. The summed E-state index contributed by atoms with van der Waals surface area (Å²) in [5.74, 6) is -0.289. The Labute approximate surface area is 174 Å². The average Bonchev–Trinajstić information content (AvgIpc) is 2.99. The van der Waals surface area contributed by atoms with Crippen molar-refractivity contribution in [2.75, 3.05) is 4.90 Å². The van der Waals surface area contributed by atoms with Crippen LogP contribution in [0, 0.1) is 6.92 Å². The fourth-order valence-corrected chi connectivity index (χ4v) is 3.76. The van der Waals surface area contributed by atoms with E-state index < -0.39 is 6.04 Å². The second kappa shape index (κ2) is 8.05. The molecule has 3 aromatic rings. The summed E-state index contributed by atoms with van der Waals surface area (Å²) in [7, 11) is 0. The molecular formula is C23H20ClN3O2. The van der Waals surface area contributed by atoms with Crippen molar-refractivity contribution in [1.82, 2.24) is 10.3 Å². The van der Waals surface area contributed by atoms with Crippen molar-refractivity contribution in [3.63, 3.8) is 0 Å². The first-order valence-corrected chi connectivity index (χ1v) is 9.77. The summed E-state index contributed by atoms with van der Waals surface area (Å²) in [5, 5.41) is 3.54. The van der Waals surface area contributed by atoms with Gasteiger partial charge in [-0.15, -0.1) is 0 Å². The third-order valence-electron chi connectivity index (χ3n) is 4.98. The summed E-state index contributed by atoms with van der Waals surface area (Å²) in [6.45, 7) is 2.37. The molecule has 0 saturated heterocycles. The topological polar surface area (TPSA) is 62.3 Å². The number of aromatic nitrogens is 1. The highest BCUT2D eigenvalue weighted by Gasteiger charge is 2.39.